The Balaban J connectivity index is 2.61. The molecule has 0 aromatic heterocycles. The highest BCUT2D eigenvalue weighted by Crippen LogP contribution is 2.04. The van der Waals surface area contributed by atoms with Crippen LogP contribution in [-0.2, 0) is 23.7 Å². The summed E-state index contributed by atoms with van der Waals surface area (Å²) in [6.07, 6.45) is 0.566. The number of carbonyl (C=O) groups excluding carboxylic acids is 3. The molecule has 0 N–H and O–H groups in total. The minimum absolute atomic E-state index is 0.0472. The second kappa shape index (κ2) is 6.61. The number of halogens is 1. The Labute approximate surface area is 104 Å². The molecule has 17 heavy (non-hydrogen) atoms. The van der Waals surface area contributed by atoms with Crippen LogP contribution in [0.25, 0.3) is 0 Å². The van der Waals surface area contributed by atoms with Gasteiger partial charge in [-0.3, -0.25) is 14.5 Å². The summed E-state index contributed by atoms with van der Waals surface area (Å²) >= 11 is 5.44. The van der Waals surface area contributed by atoms with E-state index in [1.54, 1.807) is 7.05 Å². The van der Waals surface area contributed by atoms with Gasteiger partial charge in [-0.15, -0.1) is 11.6 Å². The zero-order chi connectivity index (χ0) is 12.8. The molecule has 0 spiro atoms. The molecule has 1 rings (SSSR count). The van der Waals surface area contributed by atoms with Gasteiger partial charge in [0.25, 0.3) is 0 Å². The second-order valence-electron chi connectivity index (χ2n) is 3.74. The van der Waals surface area contributed by atoms with Crippen LogP contribution in [0.2, 0.25) is 0 Å². The van der Waals surface area contributed by atoms with Gasteiger partial charge in [-0.2, -0.15) is 0 Å². The number of hydrogen-bond donors (Lipinski definition) is 0. The van der Waals surface area contributed by atoms with Crippen LogP contribution in [0.5, 0.6) is 0 Å². The lowest BCUT2D eigenvalue weighted by Gasteiger charge is -2.21. The van der Waals surface area contributed by atoms with Gasteiger partial charge in [-0.1, -0.05) is 0 Å². The van der Waals surface area contributed by atoms with E-state index in [9.17, 15) is 14.4 Å². The number of carbonyl (C=O) groups is 3. The third-order valence-electron chi connectivity index (χ3n) is 2.09. The van der Waals surface area contributed by atoms with Crippen LogP contribution in [0.15, 0.2) is 0 Å². The molecule has 1 aliphatic rings. The molecule has 0 aliphatic carbocycles. The molecule has 0 radical (unpaired) electrons. The zero-order valence-corrected chi connectivity index (χ0v) is 10.2. The Morgan fingerprint density at radius 2 is 1.88 bits per heavy atom. The van der Waals surface area contributed by atoms with Gasteiger partial charge in [0.2, 0.25) is 0 Å². The van der Waals surface area contributed by atoms with Crippen LogP contribution >= 0.6 is 11.6 Å². The van der Waals surface area contributed by atoms with Gasteiger partial charge in [0.1, 0.15) is 0 Å². The van der Waals surface area contributed by atoms with Gasteiger partial charge in [0.05, 0.1) is 13.1 Å². The minimum Gasteiger partial charge on any atom is -0.493 e. The topological polar surface area (TPSA) is 72.9 Å². The molecule has 1 aliphatic heterocycles. The molecule has 1 saturated heterocycles. The SMILES string of the molecule is CN1CC(=O)OB(C(=O)CCCCl)OC(=O)C1. The highest BCUT2D eigenvalue weighted by Gasteiger charge is 2.38. The number of rotatable bonds is 4. The predicted octanol–water partition coefficient (Wildman–Crippen LogP) is -0.366. The highest BCUT2D eigenvalue weighted by molar-refractivity contribution is 6.82. The highest BCUT2D eigenvalue weighted by atomic mass is 35.5. The zero-order valence-electron chi connectivity index (χ0n) is 9.48. The standard InChI is InChI=1S/C9H13BClNO5/c1-12-5-8(14)16-10(17-9(15)6-12)7(13)3-2-4-11/h2-6H2,1H3. The minimum atomic E-state index is -1.42. The Hall–Kier alpha value is -1.08. The van der Waals surface area contributed by atoms with E-state index in [4.69, 9.17) is 20.9 Å². The third kappa shape index (κ3) is 4.74. The summed E-state index contributed by atoms with van der Waals surface area (Å²) in [5.41, 5.74) is -0.447. The van der Waals surface area contributed by atoms with E-state index in [0.717, 1.165) is 0 Å². The average molecular weight is 261 g/mol. The molecular weight excluding hydrogens is 248 g/mol. The summed E-state index contributed by atoms with van der Waals surface area (Å²) in [6, 6.07) is 0. The molecule has 0 aromatic carbocycles. The Kier molecular flexibility index (Phi) is 5.44. The lowest BCUT2D eigenvalue weighted by Crippen LogP contribution is -2.46. The van der Waals surface area contributed by atoms with Crippen molar-refractivity contribution in [2.45, 2.75) is 12.8 Å². The van der Waals surface area contributed by atoms with Crippen molar-refractivity contribution in [1.82, 2.24) is 4.90 Å². The summed E-state index contributed by atoms with van der Waals surface area (Å²) < 4.78 is 9.55. The molecule has 6 nitrogen and oxygen atoms in total. The van der Waals surface area contributed by atoms with Crippen LogP contribution in [0, 0.1) is 0 Å². The van der Waals surface area contributed by atoms with Crippen molar-refractivity contribution in [2.75, 3.05) is 26.0 Å². The summed E-state index contributed by atoms with van der Waals surface area (Å²) in [6.45, 7) is -0.0945. The summed E-state index contributed by atoms with van der Waals surface area (Å²) in [7, 11) is 0.157. The number of alkyl halides is 1. The molecule has 0 saturated carbocycles. The Morgan fingerprint density at radius 3 is 2.35 bits per heavy atom. The first-order chi connectivity index (χ1) is 8.02. The van der Waals surface area contributed by atoms with Gasteiger partial charge < -0.3 is 14.1 Å². The van der Waals surface area contributed by atoms with E-state index < -0.39 is 24.7 Å². The molecule has 0 bridgehead atoms. The van der Waals surface area contributed by atoms with E-state index in [1.165, 1.54) is 4.90 Å². The van der Waals surface area contributed by atoms with Gasteiger partial charge in [0, 0.05) is 12.3 Å². The summed E-state index contributed by atoms with van der Waals surface area (Å²) in [5.74, 6) is -0.864. The molecule has 0 aromatic rings. The lowest BCUT2D eigenvalue weighted by atomic mass is 9.80. The van der Waals surface area contributed by atoms with Crippen molar-refractivity contribution >= 4 is 36.3 Å². The monoisotopic (exact) mass is 261 g/mol. The maximum absolute atomic E-state index is 11.6. The van der Waals surface area contributed by atoms with E-state index >= 15 is 0 Å². The first kappa shape index (κ1) is 14.0. The number of hydrogen-bond acceptors (Lipinski definition) is 6. The smallest absolute Gasteiger partial charge is 0.493 e. The fourth-order valence-electron chi connectivity index (χ4n) is 1.32. The molecule has 1 heterocycles. The number of likely N-dealkylation sites (N-methyl/N-ethyl adjacent to an activating group) is 1. The van der Waals surface area contributed by atoms with Gasteiger partial charge in [0.15, 0.2) is 5.68 Å². The van der Waals surface area contributed by atoms with Crippen LogP contribution < -0.4 is 0 Å². The second-order valence-corrected chi connectivity index (χ2v) is 4.12. The fourth-order valence-corrected chi connectivity index (χ4v) is 1.46. The average Bonchev–Trinajstić information content (AvgIpc) is 2.22. The summed E-state index contributed by atoms with van der Waals surface area (Å²) in [4.78, 5) is 35.6. The van der Waals surface area contributed by atoms with Crippen molar-refractivity contribution in [3.05, 3.63) is 0 Å². The van der Waals surface area contributed by atoms with Crippen molar-refractivity contribution in [3.8, 4) is 0 Å². The summed E-state index contributed by atoms with van der Waals surface area (Å²) in [5, 5.41) is 0. The van der Waals surface area contributed by atoms with Crippen molar-refractivity contribution in [3.63, 3.8) is 0 Å². The number of nitrogens with zero attached hydrogens (tertiary/aromatic N) is 1. The quantitative estimate of drug-likeness (QED) is 0.508. The van der Waals surface area contributed by atoms with Gasteiger partial charge in [-0.25, -0.2) is 0 Å². The lowest BCUT2D eigenvalue weighted by molar-refractivity contribution is -0.147. The van der Waals surface area contributed by atoms with E-state index in [-0.39, 0.29) is 19.5 Å². The van der Waals surface area contributed by atoms with E-state index in [0.29, 0.717) is 12.3 Å². The molecule has 8 heteroatoms. The molecule has 0 atom stereocenters. The molecule has 0 unspecified atom stereocenters. The largest absolute Gasteiger partial charge is 0.674 e. The third-order valence-corrected chi connectivity index (χ3v) is 2.36. The van der Waals surface area contributed by atoms with Crippen LogP contribution in [-0.4, -0.2) is 55.7 Å². The first-order valence-corrected chi connectivity index (χ1v) is 5.72. The molecule has 0 amide bonds. The van der Waals surface area contributed by atoms with Gasteiger partial charge >= 0.3 is 19.1 Å². The Bertz CT molecular complexity index is 305. The van der Waals surface area contributed by atoms with Crippen molar-refractivity contribution < 1.29 is 23.7 Å². The fraction of sp³-hybridized carbons (Fsp3) is 0.667. The molecule has 94 valence electrons. The van der Waals surface area contributed by atoms with Crippen LogP contribution in [0.1, 0.15) is 12.8 Å². The maximum atomic E-state index is 11.6. The Morgan fingerprint density at radius 1 is 1.35 bits per heavy atom. The predicted molar refractivity (Wildman–Crippen MR) is 60.4 cm³/mol. The normalized spacial score (nSPS) is 18.1. The maximum Gasteiger partial charge on any atom is 0.674 e. The molecular formula is C9H13BClNO5. The first-order valence-electron chi connectivity index (χ1n) is 5.19. The molecule has 1 fully saturated rings. The van der Waals surface area contributed by atoms with Gasteiger partial charge in [-0.05, 0) is 13.5 Å². The van der Waals surface area contributed by atoms with Crippen molar-refractivity contribution in [2.24, 2.45) is 0 Å². The van der Waals surface area contributed by atoms with Crippen LogP contribution in [0.3, 0.4) is 0 Å². The van der Waals surface area contributed by atoms with Crippen LogP contribution in [0.4, 0.5) is 0 Å². The van der Waals surface area contributed by atoms with E-state index in [1.807, 2.05) is 0 Å². The van der Waals surface area contributed by atoms with Crippen molar-refractivity contribution in [1.29, 1.82) is 0 Å². The van der Waals surface area contributed by atoms with E-state index in [2.05, 4.69) is 0 Å².